The maximum atomic E-state index is 5.90. The van der Waals surface area contributed by atoms with Gasteiger partial charge in [0.05, 0.1) is 12.1 Å². The van der Waals surface area contributed by atoms with Crippen molar-refractivity contribution in [2.45, 2.75) is 32.9 Å². The number of nitrogens with two attached hydrogens (primary N) is 1. The molecule has 0 bridgehead atoms. The monoisotopic (exact) mass is 273 g/mol. The summed E-state index contributed by atoms with van der Waals surface area (Å²) in [6.45, 7) is 6.97. The van der Waals surface area contributed by atoms with E-state index in [0.29, 0.717) is 12.5 Å². The van der Waals surface area contributed by atoms with E-state index >= 15 is 0 Å². The van der Waals surface area contributed by atoms with Crippen LogP contribution in [0.4, 0.5) is 0 Å². The first kappa shape index (κ1) is 14.9. The molecule has 1 heterocycles. The first-order valence-corrected chi connectivity index (χ1v) is 7.09. The van der Waals surface area contributed by atoms with Crippen molar-refractivity contribution in [1.29, 1.82) is 0 Å². The van der Waals surface area contributed by atoms with Crippen LogP contribution in [0, 0.1) is 5.92 Å². The Morgan fingerprint density at radius 3 is 2.75 bits per heavy atom. The summed E-state index contributed by atoms with van der Waals surface area (Å²) in [6.07, 6.45) is 3.72. The molecule has 0 aliphatic rings. The maximum Gasteiger partial charge on any atom is 0.0805 e. The van der Waals surface area contributed by atoms with Crippen LogP contribution in [0.25, 0.3) is 10.8 Å². The van der Waals surface area contributed by atoms with Crippen LogP contribution in [0.2, 0.25) is 0 Å². The lowest BCUT2D eigenvalue weighted by molar-refractivity contribution is 0.00311. The fourth-order valence-electron chi connectivity index (χ4n) is 2.64. The van der Waals surface area contributed by atoms with Crippen LogP contribution in [0.15, 0.2) is 36.7 Å². The lowest BCUT2D eigenvalue weighted by Crippen LogP contribution is -2.40. The summed E-state index contributed by atoms with van der Waals surface area (Å²) in [6, 6.07) is 8.17. The second-order valence-corrected chi connectivity index (χ2v) is 5.25. The van der Waals surface area contributed by atoms with Crippen LogP contribution < -0.4 is 11.3 Å². The van der Waals surface area contributed by atoms with Crippen molar-refractivity contribution in [3.8, 4) is 0 Å². The zero-order valence-corrected chi connectivity index (χ0v) is 12.3. The van der Waals surface area contributed by atoms with Gasteiger partial charge in [0.15, 0.2) is 0 Å². The first-order chi connectivity index (χ1) is 9.69. The highest BCUT2D eigenvalue weighted by molar-refractivity contribution is 5.85. The van der Waals surface area contributed by atoms with Gasteiger partial charge in [-0.3, -0.25) is 16.3 Å². The van der Waals surface area contributed by atoms with Gasteiger partial charge in [-0.25, -0.2) is 0 Å². The van der Waals surface area contributed by atoms with Crippen molar-refractivity contribution >= 4 is 10.8 Å². The maximum absolute atomic E-state index is 5.90. The van der Waals surface area contributed by atoms with Gasteiger partial charge in [-0.1, -0.05) is 32.0 Å². The van der Waals surface area contributed by atoms with Gasteiger partial charge in [0.1, 0.15) is 0 Å². The molecule has 0 aliphatic heterocycles. The molecule has 4 heteroatoms. The third kappa shape index (κ3) is 2.98. The summed E-state index contributed by atoms with van der Waals surface area (Å²) in [7, 11) is 0. The number of rotatable bonds is 6. The molecule has 2 rings (SSSR count). The first-order valence-electron chi connectivity index (χ1n) is 7.09. The Morgan fingerprint density at radius 2 is 2.10 bits per heavy atom. The quantitative estimate of drug-likeness (QED) is 0.627. The van der Waals surface area contributed by atoms with E-state index in [2.05, 4.69) is 36.4 Å². The van der Waals surface area contributed by atoms with Crippen molar-refractivity contribution < 1.29 is 4.74 Å². The number of nitrogens with one attached hydrogen (secondary N) is 1. The Morgan fingerprint density at radius 1 is 1.30 bits per heavy atom. The topological polar surface area (TPSA) is 60.2 Å². The van der Waals surface area contributed by atoms with E-state index in [1.807, 2.05) is 25.3 Å². The highest BCUT2D eigenvalue weighted by Gasteiger charge is 2.26. The smallest absolute Gasteiger partial charge is 0.0805 e. The summed E-state index contributed by atoms with van der Waals surface area (Å²) < 4.78 is 5.90. The molecule has 2 unspecified atom stereocenters. The number of hydrogen-bond donors (Lipinski definition) is 2. The Labute approximate surface area is 120 Å². The average molecular weight is 273 g/mol. The highest BCUT2D eigenvalue weighted by atomic mass is 16.5. The fraction of sp³-hybridized carbons (Fsp3) is 0.438. The van der Waals surface area contributed by atoms with Gasteiger partial charge in [-0.05, 0) is 29.9 Å². The van der Waals surface area contributed by atoms with Gasteiger partial charge in [-0.15, -0.1) is 0 Å². The molecular formula is C16H23N3O. The number of hydrazine groups is 1. The van der Waals surface area contributed by atoms with Crippen molar-refractivity contribution in [3.05, 3.63) is 42.2 Å². The number of fused-ring (bicyclic) bond motifs is 1. The number of nitrogens with zero attached hydrogens (tertiary/aromatic N) is 1. The number of hydrogen-bond acceptors (Lipinski definition) is 4. The Kier molecular flexibility index (Phi) is 5.06. The van der Waals surface area contributed by atoms with Crippen LogP contribution in [0.1, 0.15) is 32.4 Å². The number of pyridine rings is 1. The van der Waals surface area contributed by atoms with E-state index in [4.69, 9.17) is 10.6 Å². The van der Waals surface area contributed by atoms with Gasteiger partial charge in [0, 0.05) is 24.4 Å². The molecule has 0 saturated carbocycles. The Hall–Kier alpha value is -1.49. The minimum absolute atomic E-state index is 0.0239. The van der Waals surface area contributed by atoms with Gasteiger partial charge < -0.3 is 4.74 Å². The summed E-state index contributed by atoms with van der Waals surface area (Å²) in [4.78, 5) is 4.23. The van der Waals surface area contributed by atoms with E-state index in [1.165, 1.54) is 0 Å². The summed E-state index contributed by atoms with van der Waals surface area (Å²) >= 11 is 0. The molecule has 0 saturated heterocycles. The molecule has 3 N–H and O–H groups in total. The van der Waals surface area contributed by atoms with Crippen molar-refractivity contribution in [2.75, 3.05) is 6.61 Å². The zero-order chi connectivity index (χ0) is 14.5. The van der Waals surface area contributed by atoms with Crippen LogP contribution in [-0.4, -0.2) is 17.7 Å². The van der Waals surface area contributed by atoms with Gasteiger partial charge in [-0.2, -0.15) is 0 Å². The minimum Gasteiger partial charge on any atom is -0.376 e. The molecule has 2 atom stereocenters. The Bertz CT molecular complexity index is 551. The van der Waals surface area contributed by atoms with Gasteiger partial charge in [0.2, 0.25) is 0 Å². The predicted molar refractivity (Wildman–Crippen MR) is 82.1 cm³/mol. The SMILES string of the molecule is CCOC(C(C)C)C(NN)c1cccc2ccncc12. The molecular weight excluding hydrogens is 250 g/mol. The van der Waals surface area contributed by atoms with E-state index in [-0.39, 0.29) is 12.1 Å². The largest absolute Gasteiger partial charge is 0.376 e. The van der Waals surface area contributed by atoms with E-state index < -0.39 is 0 Å². The second-order valence-electron chi connectivity index (χ2n) is 5.25. The van der Waals surface area contributed by atoms with E-state index in [1.54, 1.807) is 6.20 Å². The number of benzene rings is 1. The van der Waals surface area contributed by atoms with Crippen molar-refractivity contribution in [2.24, 2.45) is 11.8 Å². The molecule has 0 aliphatic carbocycles. The van der Waals surface area contributed by atoms with E-state index in [9.17, 15) is 0 Å². The molecule has 4 nitrogen and oxygen atoms in total. The molecule has 0 amide bonds. The van der Waals surface area contributed by atoms with Crippen LogP contribution in [0.3, 0.4) is 0 Å². The molecule has 0 fully saturated rings. The predicted octanol–water partition coefficient (Wildman–Crippen LogP) is 2.80. The van der Waals surface area contributed by atoms with E-state index in [0.717, 1.165) is 16.3 Å². The lowest BCUT2D eigenvalue weighted by Gasteiger charge is -2.30. The van der Waals surface area contributed by atoms with Gasteiger partial charge in [0.25, 0.3) is 0 Å². The summed E-state index contributed by atoms with van der Waals surface area (Å²) in [5, 5.41) is 2.28. The fourth-order valence-corrected chi connectivity index (χ4v) is 2.64. The normalized spacial score (nSPS) is 14.7. The molecule has 1 aromatic carbocycles. The minimum atomic E-state index is -0.0529. The lowest BCUT2D eigenvalue weighted by atomic mass is 9.91. The summed E-state index contributed by atoms with van der Waals surface area (Å²) in [5.41, 5.74) is 4.05. The number of ether oxygens (including phenoxy) is 1. The van der Waals surface area contributed by atoms with Gasteiger partial charge >= 0.3 is 0 Å². The molecule has 1 aromatic heterocycles. The van der Waals surface area contributed by atoms with Crippen molar-refractivity contribution in [1.82, 2.24) is 10.4 Å². The van der Waals surface area contributed by atoms with Crippen molar-refractivity contribution in [3.63, 3.8) is 0 Å². The highest BCUT2D eigenvalue weighted by Crippen LogP contribution is 2.29. The molecule has 0 spiro atoms. The van der Waals surface area contributed by atoms with Crippen LogP contribution in [-0.2, 0) is 4.74 Å². The molecule has 2 aromatic rings. The standard InChI is InChI=1S/C16H23N3O/c1-4-20-16(11(2)3)15(19-17)13-7-5-6-12-8-9-18-10-14(12)13/h5-11,15-16,19H,4,17H2,1-3H3. The Balaban J connectivity index is 2.48. The zero-order valence-electron chi connectivity index (χ0n) is 12.3. The third-order valence-electron chi connectivity index (χ3n) is 3.58. The second kappa shape index (κ2) is 6.79. The molecule has 0 radical (unpaired) electrons. The molecule has 108 valence electrons. The molecule has 20 heavy (non-hydrogen) atoms. The number of aromatic nitrogens is 1. The third-order valence-corrected chi connectivity index (χ3v) is 3.58. The average Bonchev–Trinajstić information content (AvgIpc) is 2.47. The van der Waals surface area contributed by atoms with Crippen LogP contribution >= 0.6 is 0 Å². The summed E-state index contributed by atoms with van der Waals surface area (Å²) in [5.74, 6) is 6.18. The van der Waals surface area contributed by atoms with Crippen LogP contribution in [0.5, 0.6) is 0 Å².